The molecular formula is C23H28ClN3O3. The van der Waals surface area contributed by atoms with E-state index in [0.29, 0.717) is 19.8 Å². The number of benzene rings is 2. The van der Waals surface area contributed by atoms with Gasteiger partial charge in [0.15, 0.2) is 11.5 Å². The van der Waals surface area contributed by atoms with Crippen molar-refractivity contribution in [3.8, 4) is 11.5 Å². The Morgan fingerprint density at radius 1 is 0.933 bits per heavy atom. The summed E-state index contributed by atoms with van der Waals surface area (Å²) in [6.45, 7) is 6.05. The molecule has 4 rings (SSSR count). The molecule has 0 radical (unpaired) electrons. The molecule has 1 saturated heterocycles. The van der Waals surface area contributed by atoms with Gasteiger partial charge in [-0.15, -0.1) is 0 Å². The smallest absolute Gasteiger partial charge is 0.317 e. The Kier molecular flexibility index (Phi) is 6.97. The highest BCUT2D eigenvalue weighted by Crippen LogP contribution is 2.30. The molecule has 0 bridgehead atoms. The minimum absolute atomic E-state index is 0.0147. The first kappa shape index (κ1) is 20.8. The number of amides is 2. The molecular weight excluding hydrogens is 402 g/mol. The van der Waals surface area contributed by atoms with Crippen LogP contribution in [0.15, 0.2) is 42.5 Å². The van der Waals surface area contributed by atoms with Crippen molar-refractivity contribution in [3.05, 3.63) is 58.6 Å². The second-order valence-corrected chi connectivity index (χ2v) is 8.14. The lowest BCUT2D eigenvalue weighted by atomic mass is 10.1. The van der Waals surface area contributed by atoms with Gasteiger partial charge in [0.05, 0.1) is 0 Å². The van der Waals surface area contributed by atoms with Crippen LogP contribution in [0.4, 0.5) is 4.79 Å². The Balaban J connectivity index is 1.21. The number of nitrogens with zero attached hydrogens (tertiary/aromatic N) is 2. The first-order valence-electron chi connectivity index (χ1n) is 10.6. The third kappa shape index (κ3) is 5.58. The average molecular weight is 430 g/mol. The van der Waals surface area contributed by atoms with Crippen molar-refractivity contribution < 1.29 is 14.3 Å². The van der Waals surface area contributed by atoms with E-state index in [1.54, 1.807) is 0 Å². The molecule has 1 N–H and O–H groups in total. The minimum Gasteiger partial charge on any atom is -0.486 e. The predicted octanol–water partition coefficient (Wildman–Crippen LogP) is 3.57. The van der Waals surface area contributed by atoms with E-state index < -0.39 is 0 Å². The molecule has 2 aromatic rings. The maximum Gasteiger partial charge on any atom is 0.317 e. The summed E-state index contributed by atoms with van der Waals surface area (Å²) in [6.07, 6.45) is 1.74. The quantitative estimate of drug-likeness (QED) is 0.789. The molecule has 2 heterocycles. The van der Waals surface area contributed by atoms with E-state index in [4.69, 9.17) is 21.1 Å². The topological polar surface area (TPSA) is 54.0 Å². The summed E-state index contributed by atoms with van der Waals surface area (Å²) in [5, 5.41) is 3.82. The van der Waals surface area contributed by atoms with Gasteiger partial charge < -0.3 is 19.7 Å². The molecule has 160 valence electrons. The van der Waals surface area contributed by atoms with Crippen LogP contribution >= 0.6 is 11.6 Å². The first-order chi connectivity index (χ1) is 14.7. The lowest BCUT2D eigenvalue weighted by Gasteiger charge is -2.22. The van der Waals surface area contributed by atoms with Gasteiger partial charge >= 0.3 is 6.03 Å². The average Bonchev–Trinajstić information content (AvgIpc) is 3.01. The Hall–Kier alpha value is -2.44. The SMILES string of the molecule is O=C(NCCc1ccc2c(c1)OCCO2)N1CCCN(Cc2ccc(Cl)cc2)CC1. The van der Waals surface area contributed by atoms with E-state index in [2.05, 4.69) is 22.3 Å². The summed E-state index contributed by atoms with van der Waals surface area (Å²) in [7, 11) is 0. The number of nitrogens with one attached hydrogen (secondary N) is 1. The van der Waals surface area contributed by atoms with Gasteiger partial charge in [-0.3, -0.25) is 4.90 Å². The molecule has 2 aliphatic rings. The van der Waals surface area contributed by atoms with Crippen LogP contribution in [-0.2, 0) is 13.0 Å². The number of carbonyl (C=O) groups is 1. The number of urea groups is 1. The monoisotopic (exact) mass is 429 g/mol. The molecule has 30 heavy (non-hydrogen) atoms. The molecule has 1 fully saturated rings. The van der Waals surface area contributed by atoms with Crippen molar-refractivity contribution in [2.75, 3.05) is 45.9 Å². The molecule has 2 aliphatic heterocycles. The van der Waals surface area contributed by atoms with Crippen LogP contribution in [0.5, 0.6) is 11.5 Å². The van der Waals surface area contributed by atoms with Gasteiger partial charge in [0.25, 0.3) is 0 Å². The van der Waals surface area contributed by atoms with Gasteiger partial charge in [-0.05, 0) is 48.2 Å². The van der Waals surface area contributed by atoms with Crippen molar-refractivity contribution in [2.45, 2.75) is 19.4 Å². The Bertz CT molecular complexity index is 859. The van der Waals surface area contributed by atoms with Crippen molar-refractivity contribution in [1.82, 2.24) is 15.1 Å². The fourth-order valence-electron chi connectivity index (χ4n) is 3.85. The summed E-state index contributed by atoms with van der Waals surface area (Å²) in [5.74, 6) is 1.58. The number of hydrogen-bond donors (Lipinski definition) is 1. The van der Waals surface area contributed by atoms with Crippen LogP contribution < -0.4 is 14.8 Å². The van der Waals surface area contributed by atoms with Crippen LogP contribution in [-0.4, -0.2) is 61.8 Å². The Morgan fingerprint density at radius 3 is 2.53 bits per heavy atom. The van der Waals surface area contributed by atoms with Gasteiger partial charge in [0.1, 0.15) is 13.2 Å². The zero-order valence-corrected chi connectivity index (χ0v) is 17.9. The summed E-state index contributed by atoms with van der Waals surface area (Å²) >= 11 is 5.97. The van der Waals surface area contributed by atoms with Crippen LogP contribution in [0.25, 0.3) is 0 Å². The van der Waals surface area contributed by atoms with Crippen LogP contribution in [0.3, 0.4) is 0 Å². The fraction of sp³-hybridized carbons (Fsp3) is 0.435. The van der Waals surface area contributed by atoms with E-state index in [1.807, 2.05) is 35.2 Å². The van der Waals surface area contributed by atoms with Crippen molar-refractivity contribution >= 4 is 17.6 Å². The Morgan fingerprint density at radius 2 is 1.70 bits per heavy atom. The molecule has 0 aromatic heterocycles. The second kappa shape index (κ2) is 10.0. The molecule has 0 saturated carbocycles. The minimum atomic E-state index is 0.0147. The normalized spacial score (nSPS) is 16.8. The highest BCUT2D eigenvalue weighted by molar-refractivity contribution is 6.30. The molecule has 0 spiro atoms. The van der Waals surface area contributed by atoms with E-state index >= 15 is 0 Å². The molecule has 0 atom stereocenters. The third-order valence-corrected chi connectivity index (χ3v) is 5.74. The van der Waals surface area contributed by atoms with Crippen molar-refractivity contribution in [2.24, 2.45) is 0 Å². The van der Waals surface area contributed by atoms with Crippen LogP contribution in [0, 0.1) is 0 Å². The second-order valence-electron chi connectivity index (χ2n) is 7.70. The molecule has 7 heteroatoms. The molecule has 6 nitrogen and oxygen atoms in total. The summed E-state index contributed by atoms with van der Waals surface area (Å²) in [4.78, 5) is 16.9. The maximum atomic E-state index is 12.6. The van der Waals surface area contributed by atoms with Gasteiger partial charge in [-0.1, -0.05) is 29.8 Å². The molecule has 0 aliphatic carbocycles. The first-order valence-corrected chi connectivity index (χ1v) is 10.9. The van der Waals surface area contributed by atoms with Crippen molar-refractivity contribution in [1.29, 1.82) is 0 Å². The number of hydrogen-bond acceptors (Lipinski definition) is 4. The summed E-state index contributed by atoms with van der Waals surface area (Å²) in [6, 6.07) is 14.0. The lowest BCUT2D eigenvalue weighted by molar-refractivity contribution is 0.171. The number of fused-ring (bicyclic) bond motifs is 1. The third-order valence-electron chi connectivity index (χ3n) is 5.49. The van der Waals surface area contributed by atoms with E-state index in [9.17, 15) is 4.79 Å². The zero-order chi connectivity index (χ0) is 20.8. The number of halogens is 1. The molecule has 2 amide bonds. The maximum absolute atomic E-state index is 12.6. The van der Waals surface area contributed by atoms with Gasteiger partial charge in [-0.2, -0.15) is 0 Å². The molecule has 0 unspecified atom stereocenters. The van der Waals surface area contributed by atoms with Gasteiger partial charge in [0.2, 0.25) is 0 Å². The van der Waals surface area contributed by atoms with Gasteiger partial charge in [-0.25, -0.2) is 4.79 Å². The largest absolute Gasteiger partial charge is 0.486 e. The van der Waals surface area contributed by atoms with Gasteiger partial charge in [0, 0.05) is 44.3 Å². The fourth-order valence-corrected chi connectivity index (χ4v) is 3.97. The Labute approximate surface area is 182 Å². The highest BCUT2D eigenvalue weighted by Gasteiger charge is 2.19. The van der Waals surface area contributed by atoms with Crippen LogP contribution in [0.1, 0.15) is 17.5 Å². The number of rotatable bonds is 5. The number of carbonyl (C=O) groups excluding carboxylic acids is 1. The lowest BCUT2D eigenvalue weighted by Crippen LogP contribution is -2.42. The zero-order valence-electron chi connectivity index (χ0n) is 17.1. The van der Waals surface area contributed by atoms with Crippen LogP contribution in [0.2, 0.25) is 5.02 Å². The van der Waals surface area contributed by atoms with E-state index in [1.165, 1.54) is 5.56 Å². The highest BCUT2D eigenvalue weighted by atomic mass is 35.5. The summed E-state index contributed by atoms with van der Waals surface area (Å²) in [5.41, 5.74) is 2.38. The number of ether oxygens (including phenoxy) is 2. The predicted molar refractivity (Wildman–Crippen MR) is 117 cm³/mol. The van der Waals surface area contributed by atoms with E-state index in [0.717, 1.165) is 67.7 Å². The molecule has 2 aromatic carbocycles. The van der Waals surface area contributed by atoms with E-state index in [-0.39, 0.29) is 6.03 Å². The standard InChI is InChI=1S/C23H28ClN3O3/c24-20-5-2-19(3-6-20)17-26-10-1-11-27(13-12-26)23(28)25-9-8-18-4-7-21-22(16-18)30-15-14-29-21/h2-7,16H,1,8-15,17H2,(H,25,28). The van der Waals surface area contributed by atoms with Crippen molar-refractivity contribution in [3.63, 3.8) is 0 Å². The summed E-state index contributed by atoms with van der Waals surface area (Å²) < 4.78 is 11.2.